The minimum Gasteiger partial charge on any atom is -0.508 e. The van der Waals surface area contributed by atoms with Crippen LogP contribution in [0.15, 0.2) is 18.2 Å². The summed E-state index contributed by atoms with van der Waals surface area (Å²) in [5.74, 6) is 2.54. The monoisotopic (exact) mass is 328 g/mol. The van der Waals surface area contributed by atoms with E-state index in [0.717, 1.165) is 31.0 Å². The average molecular weight is 328 g/mol. The van der Waals surface area contributed by atoms with Crippen molar-refractivity contribution < 1.29 is 14.6 Å². The molecule has 1 aromatic rings. The Labute approximate surface area is 144 Å². The van der Waals surface area contributed by atoms with Crippen LogP contribution in [-0.2, 0) is 16.0 Å². The fourth-order valence-corrected chi connectivity index (χ4v) is 6.05. The minimum absolute atomic E-state index is 0.276. The standard InChI is InChI=1S/C21H28O3/c1-21-10-9-17-16-6-4-15(23)13-14(16)3-5-18(17)19(21)7-8-20(21)24-12-2-11-22/h4,6,11,13,17-20,23H,2-3,5,7-10,12H2,1H3/t17?,18?,19?,20-,21-/m1/s1. The molecule has 0 radical (unpaired) electrons. The Bertz CT molecular complexity index is 626. The van der Waals surface area contributed by atoms with Gasteiger partial charge in [-0.15, -0.1) is 0 Å². The lowest BCUT2D eigenvalue weighted by atomic mass is 9.55. The van der Waals surface area contributed by atoms with E-state index in [1.807, 2.05) is 12.1 Å². The summed E-state index contributed by atoms with van der Waals surface area (Å²) < 4.78 is 6.12. The zero-order valence-electron chi connectivity index (χ0n) is 14.5. The number of carbonyl (C=O) groups excluding carboxylic acids is 1. The minimum atomic E-state index is 0.276. The molecule has 24 heavy (non-hydrogen) atoms. The van der Waals surface area contributed by atoms with Crippen molar-refractivity contribution in [1.29, 1.82) is 0 Å². The summed E-state index contributed by atoms with van der Waals surface area (Å²) in [6.07, 6.45) is 8.97. The molecule has 2 saturated carbocycles. The number of rotatable bonds is 4. The van der Waals surface area contributed by atoms with Crippen LogP contribution in [0.25, 0.3) is 0 Å². The highest BCUT2D eigenvalue weighted by atomic mass is 16.5. The third-order valence-electron chi connectivity index (χ3n) is 7.18. The normalized spacial score (nSPS) is 37.4. The fraction of sp³-hybridized carbons (Fsp3) is 0.667. The van der Waals surface area contributed by atoms with Crippen LogP contribution in [0.3, 0.4) is 0 Å². The van der Waals surface area contributed by atoms with Gasteiger partial charge in [0, 0.05) is 6.42 Å². The average Bonchev–Trinajstić information content (AvgIpc) is 2.91. The van der Waals surface area contributed by atoms with Crippen molar-refractivity contribution in [3.05, 3.63) is 29.3 Å². The first kappa shape index (κ1) is 16.1. The van der Waals surface area contributed by atoms with Crippen LogP contribution in [0.1, 0.15) is 62.5 Å². The summed E-state index contributed by atoms with van der Waals surface area (Å²) in [7, 11) is 0. The lowest BCUT2D eigenvalue weighted by Crippen LogP contribution is -2.44. The van der Waals surface area contributed by atoms with Gasteiger partial charge in [-0.2, -0.15) is 0 Å². The van der Waals surface area contributed by atoms with Crippen LogP contribution in [0.4, 0.5) is 0 Å². The number of aryl methyl sites for hydroxylation is 1. The molecule has 0 bridgehead atoms. The van der Waals surface area contributed by atoms with Gasteiger partial charge in [0.1, 0.15) is 12.0 Å². The van der Waals surface area contributed by atoms with Gasteiger partial charge in [0.15, 0.2) is 0 Å². The van der Waals surface area contributed by atoms with Crippen LogP contribution in [0, 0.1) is 17.3 Å². The van der Waals surface area contributed by atoms with E-state index in [9.17, 15) is 9.90 Å². The molecule has 3 aliphatic rings. The molecule has 130 valence electrons. The number of aldehydes is 1. The number of phenolic OH excluding ortho intramolecular Hbond substituents is 1. The van der Waals surface area contributed by atoms with E-state index in [1.54, 1.807) is 0 Å². The third kappa shape index (κ3) is 2.48. The van der Waals surface area contributed by atoms with E-state index < -0.39 is 0 Å². The second kappa shape index (κ2) is 6.18. The van der Waals surface area contributed by atoms with E-state index >= 15 is 0 Å². The Balaban J connectivity index is 1.55. The summed E-state index contributed by atoms with van der Waals surface area (Å²) in [5, 5.41) is 9.77. The van der Waals surface area contributed by atoms with Crippen LogP contribution in [0.2, 0.25) is 0 Å². The summed E-state index contributed by atoms with van der Waals surface area (Å²) in [4.78, 5) is 10.6. The maximum absolute atomic E-state index is 10.6. The van der Waals surface area contributed by atoms with E-state index in [0.29, 0.717) is 30.8 Å². The highest BCUT2D eigenvalue weighted by Gasteiger charge is 2.55. The van der Waals surface area contributed by atoms with Crippen LogP contribution in [0.5, 0.6) is 5.75 Å². The quantitative estimate of drug-likeness (QED) is 0.665. The SMILES string of the molecule is C[C@@]12CCC3c4ccc(O)cc4CCC3C1CC[C@H]2OCCC=O. The second-order valence-electron chi connectivity index (χ2n) is 8.24. The van der Waals surface area contributed by atoms with E-state index in [1.165, 1.54) is 36.8 Å². The molecule has 2 fully saturated rings. The Morgan fingerprint density at radius 3 is 3.00 bits per heavy atom. The first-order chi connectivity index (χ1) is 11.6. The van der Waals surface area contributed by atoms with Crippen LogP contribution < -0.4 is 0 Å². The molecule has 0 aromatic heterocycles. The van der Waals surface area contributed by atoms with Crippen molar-refractivity contribution in [1.82, 2.24) is 0 Å². The Kier molecular flexibility index (Phi) is 4.16. The summed E-state index contributed by atoms with van der Waals surface area (Å²) in [5.41, 5.74) is 3.12. The molecule has 5 atom stereocenters. The van der Waals surface area contributed by atoms with E-state index in [-0.39, 0.29) is 5.41 Å². The van der Waals surface area contributed by atoms with Crippen molar-refractivity contribution >= 4 is 6.29 Å². The van der Waals surface area contributed by atoms with E-state index in [4.69, 9.17) is 4.74 Å². The summed E-state index contributed by atoms with van der Waals surface area (Å²) in [6.45, 7) is 3.01. The molecule has 4 rings (SSSR count). The zero-order chi connectivity index (χ0) is 16.7. The van der Waals surface area contributed by atoms with Gasteiger partial charge >= 0.3 is 0 Å². The number of phenols is 1. The molecule has 1 N–H and O–H groups in total. The molecule has 3 nitrogen and oxygen atoms in total. The predicted octanol–water partition coefficient (Wildman–Crippen LogP) is 4.22. The van der Waals surface area contributed by atoms with Gasteiger partial charge in [-0.3, -0.25) is 0 Å². The molecule has 0 saturated heterocycles. The molecular formula is C21H28O3. The number of hydrogen-bond acceptors (Lipinski definition) is 3. The van der Waals surface area contributed by atoms with Crippen molar-refractivity contribution in [2.75, 3.05) is 6.61 Å². The zero-order valence-corrected chi connectivity index (χ0v) is 14.5. The van der Waals surface area contributed by atoms with Crippen LogP contribution in [-0.4, -0.2) is 24.1 Å². The van der Waals surface area contributed by atoms with E-state index in [2.05, 4.69) is 13.0 Å². The molecular weight excluding hydrogens is 300 g/mol. The number of fused-ring (bicyclic) bond motifs is 5. The third-order valence-corrected chi connectivity index (χ3v) is 7.18. The number of ether oxygens (including phenoxy) is 1. The molecule has 0 amide bonds. The number of carbonyl (C=O) groups is 1. The topological polar surface area (TPSA) is 46.5 Å². The smallest absolute Gasteiger partial charge is 0.122 e. The van der Waals surface area contributed by atoms with Gasteiger partial charge in [0.25, 0.3) is 0 Å². The fourth-order valence-electron chi connectivity index (χ4n) is 6.05. The van der Waals surface area contributed by atoms with Crippen LogP contribution >= 0.6 is 0 Å². The van der Waals surface area contributed by atoms with Gasteiger partial charge < -0.3 is 14.6 Å². The number of hydrogen-bond donors (Lipinski definition) is 1. The summed E-state index contributed by atoms with van der Waals surface area (Å²) in [6, 6.07) is 5.99. The molecule has 3 heteroatoms. The van der Waals surface area contributed by atoms with Crippen molar-refractivity contribution in [3.8, 4) is 5.75 Å². The lowest BCUT2D eigenvalue weighted by Gasteiger charge is -2.50. The highest BCUT2D eigenvalue weighted by Crippen LogP contribution is 2.61. The number of aromatic hydroxyl groups is 1. The molecule has 3 aliphatic carbocycles. The largest absolute Gasteiger partial charge is 0.508 e. The second-order valence-corrected chi connectivity index (χ2v) is 8.24. The van der Waals surface area contributed by atoms with Crippen molar-refractivity contribution in [3.63, 3.8) is 0 Å². The first-order valence-corrected chi connectivity index (χ1v) is 9.50. The predicted molar refractivity (Wildman–Crippen MR) is 93.1 cm³/mol. The van der Waals surface area contributed by atoms with Crippen molar-refractivity contribution in [2.45, 2.75) is 63.9 Å². The Hall–Kier alpha value is -1.35. The Morgan fingerprint density at radius 2 is 2.17 bits per heavy atom. The Morgan fingerprint density at radius 1 is 1.29 bits per heavy atom. The maximum atomic E-state index is 10.6. The van der Waals surface area contributed by atoms with Gasteiger partial charge in [-0.05, 0) is 85.0 Å². The lowest BCUT2D eigenvalue weighted by molar-refractivity contribution is -0.111. The van der Waals surface area contributed by atoms with Crippen molar-refractivity contribution in [2.24, 2.45) is 17.3 Å². The molecule has 0 heterocycles. The molecule has 0 spiro atoms. The van der Waals surface area contributed by atoms with Gasteiger partial charge in [-0.1, -0.05) is 13.0 Å². The maximum Gasteiger partial charge on any atom is 0.122 e. The molecule has 3 unspecified atom stereocenters. The van der Waals surface area contributed by atoms with Gasteiger partial charge in [0.2, 0.25) is 0 Å². The van der Waals surface area contributed by atoms with Gasteiger partial charge in [0.05, 0.1) is 12.7 Å². The molecule has 0 aliphatic heterocycles. The summed E-state index contributed by atoms with van der Waals surface area (Å²) >= 11 is 0. The van der Waals surface area contributed by atoms with Gasteiger partial charge in [-0.25, -0.2) is 0 Å². The number of benzene rings is 1. The highest BCUT2D eigenvalue weighted by molar-refractivity contribution is 5.49. The molecule has 1 aromatic carbocycles. The first-order valence-electron chi connectivity index (χ1n) is 9.50.